The minimum atomic E-state index is -0.158. The van der Waals surface area contributed by atoms with Crippen molar-refractivity contribution in [1.29, 1.82) is 0 Å². The fourth-order valence-corrected chi connectivity index (χ4v) is 4.18. The number of aromatic hydroxyl groups is 2. The third-order valence-corrected chi connectivity index (χ3v) is 5.97. The fraction of sp³-hybridized carbons (Fsp3) is 0.346. The molecule has 0 atom stereocenters. The minimum absolute atomic E-state index is 0.140. The number of aryl methyl sites for hydroxylation is 1. The molecule has 0 bridgehead atoms. The first-order valence-corrected chi connectivity index (χ1v) is 11.7. The molecule has 0 unspecified atom stereocenters. The highest BCUT2D eigenvalue weighted by atomic mass is 16.5. The second kappa shape index (κ2) is 11.0. The summed E-state index contributed by atoms with van der Waals surface area (Å²) in [5, 5.41) is 21.4. The molecular formula is C26H29N5O4. The van der Waals surface area contributed by atoms with Gasteiger partial charge in [0.1, 0.15) is 11.3 Å². The number of nitrogen functional groups attached to an aromatic ring is 1. The first kappa shape index (κ1) is 24.2. The lowest BCUT2D eigenvalue weighted by Crippen LogP contribution is -2.06. The highest BCUT2D eigenvalue weighted by Gasteiger charge is 2.19. The SMILES string of the molecule is CCCCc1nc2c(N)nc3ccc(CCOCCN=C=O)cc3c2n1Cc1cccc(O)c1O. The molecular weight excluding hydrogens is 446 g/mol. The van der Waals surface area contributed by atoms with Gasteiger partial charge in [-0.2, -0.15) is 0 Å². The summed E-state index contributed by atoms with van der Waals surface area (Å²) in [5.41, 5.74) is 10.2. The number of isocyanates is 1. The van der Waals surface area contributed by atoms with Crippen LogP contribution >= 0.6 is 0 Å². The number of hydrogen-bond acceptors (Lipinski definition) is 8. The number of pyridine rings is 1. The molecule has 0 saturated heterocycles. The topological polar surface area (TPSA) is 136 Å². The van der Waals surface area contributed by atoms with E-state index >= 15 is 0 Å². The number of phenols is 2. The van der Waals surface area contributed by atoms with Crippen molar-refractivity contribution in [3.8, 4) is 11.5 Å². The standard InChI is InChI=1S/C26H29N5O4/c1-2-3-7-22-30-23-24(31(22)15-18-5-4-6-21(33)25(18)34)19-14-17(8-9-20(19)29-26(23)27)10-12-35-13-11-28-16-32/h4-6,8-9,14,33-34H,2-3,7,10-13,15H2,1H3,(H2,27,29). The molecule has 0 spiro atoms. The molecule has 2 aromatic carbocycles. The van der Waals surface area contributed by atoms with E-state index in [1.54, 1.807) is 12.1 Å². The van der Waals surface area contributed by atoms with Crippen LogP contribution in [0.15, 0.2) is 41.4 Å². The maximum absolute atomic E-state index is 10.5. The Balaban J connectivity index is 1.78. The van der Waals surface area contributed by atoms with Gasteiger partial charge in [-0.1, -0.05) is 31.5 Å². The summed E-state index contributed by atoms with van der Waals surface area (Å²) in [6.07, 6.45) is 4.90. The Bertz CT molecular complexity index is 1390. The number of phenolic OH excluding ortho intramolecular Hbond substituents is 2. The number of unbranched alkanes of at least 4 members (excludes halogenated alkanes) is 1. The average Bonchev–Trinajstić information content (AvgIpc) is 3.22. The van der Waals surface area contributed by atoms with E-state index in [-0.39, 0.29) is 11.5 Å². The molecule has 182 valence electrons. The average molecular weight is 476 g/mol. The smallest absolute Gasteiger partial charge is 0.235 e. The summed E-state index contributed by atoms with van der Waals surface area (Å²) in [6, 6.07) is 11.0. The lowest BCUT2D eigenvalue weighted by atomic mass is 10.1. The van der Waals surface area contributed by atoms with Crippen LogP contribution in [0.25, 0.3) is 21.9 Å². The Morgan fingerprint density at radius 2 is 2.00 bits per heavy atom. The number of nitrogens with two attached hydrogens (primary N) is 1. The van der Waals surface area contributed by atoms with Gasteiger partial charge in [-0.05, 0) is 36.6 Å². The van der Waals surface area contributed by atoms with Gasteiger partial charge in [-0.15, -0.1) is 0 Å². The molecule has 0 amide bonds. The minimum Gasteiger partial charge on any atom is -0.504 e. The first-order chi connectivity index (χ1) is 17.0. The van der Waals surface area contributed by atoms with Crippen LogP contribution in [0.5, 0.6) is 11.5 Å². The van der Waals surface area contributed by atoms with Crippen molar-refractivity contribution in [1.82, 2.24) is 14.5 Å². The van der Waals surface area contributed by atoms with E-state index < -0.39 is 0 Å². The Morgan fingerprint density at radius 1 is 1.14 bits per heavy atom. The van der Waals surface area contributed by atoms with Gasteiger partial charge in [0.25, 0.3) is 0 Å². The van der Waals surface area contributed by atoms with Crippen LogP contribution < -0.4 is 5.73 Å². The van der Waals surface area contributed by atoms with E-state index in [0.717, 1.165) is 47.1 Å². The number of anilines is 1. The van der Waals surface area contributed by atoms with Crippen LogP contribution in [-0.4, -0.2) is 50.6 Å². The first-order valence-electron chi connectivity index (χ1n) is 11.7. The summed E-state index contributed by atoms with van der Waals surface area (Å²) < 4.78 is 7.62. The maximum Gasteiger partial charge on any atom is 0.235 e. The van der Waals surface area contributed by atoms with Gasteiger partial charge in [0.15, 0.2) is 17.3 Å². The van der Waals surface area contributed by atoms with Crippen molar-refractivity contribution in [3.63, 3.8) is 0 Å². The van der Waals surface area contributed by atoms with Crippen molar-refractivity contribution in [2.75, 3.05) is 25.5 Å². The monoisotopic (exact) mass is 475 g/mol. The van der Waals surface area contributed by atoms with Gasteiger partial charge in [-0.3, -0.25) is 0 Å². The van der Waals surface area contributed by atoms with Crippen LogP contribution in [0.1, 0.15) is 36.7 Å². The Labute approximate surface area is 202 Å². The lowest BCUT2D eigenvalue weighted by Gasteiger charge is -2.13. The van der Waals surface area contributed by atoms with E-state index in [0.29, 0.717) is 49.6 Å². The van der Waals surface area contributed by atoms with Crippen LogP contribution in [0.2, 0.25) is 0 Å². The number of fused-ring (bicyclic) bond motifs is 3. The third kappa shape index (κ3) is 5.26. The third-order valence-electron chi connectivity index (χ3n) is 5.97. The van der Waals surface area contributed by atoms with E-state index in [9.17, 15) is 15.0 Å². The number of ether oxygens (including phenoxy) is 1. The van der Waals surface area contributed by atoms with E-state index in [2.05, 4.69) is 27.5 Å². The predicted molar refractivity (Wildman–Crippen MR) is 134 cm³/mol. The van der Waals surface area contributed by atoms with Crippen molar-refractivity contribution < 1.29 is 19.7 Å². The molecule has 0 fully saturated rings. The zero-order valence-electron chi connectivity index (χ0n) is 19.7. The zero-order chi connectivity index (χ0) is 24.8. The van der Waals surface area contributed by atoms with E-state index in [1.165, 1.54) is 12.1 Å². The summed E-state index contributed by atoms with van der Waals surface area (Å²) in [7, 11) is 0. The second-order valence-corrected chi connectivity index (χ2v) is 8.38. The van der Waals surface area contributed by atoms with Gasteiger partial charge < -0.3 is 25.3 Å². The molecule has 9 heteroatoms. The number of carbonyl (C=O) groups excluding carboxylic acids is 1. The molecule has 4 N–H and O–H groups in total. The Morgan fingerprint density at radius 3 is 2.80 bits per heavy atom. The zero-order valence-corrected chi connectivity index (χ0v) is 19.7. The summed E-state index contributed by atoms with van der Waals surface area (Å²) in [4.78, 5) is 23.1. The highest BCUT2D eigenvalue weighted by Crippen LogP contribution is 2.34. The van der Waals surface area contributed by atoms with E-state index in [1.807, 2.05) is 12.1 Å². The number of para-hydroxylation sites is 1. The molecule has 0 aliphatic heterocycles. The molecule has 0 saturated carbocycles. The number of nitrogens with zero attached hydrogens (tertiary/aromatic N) is 4. The van der Waals surface area contributed by atoms with Crippen LogP contribution in [0, 0.1) is 0 Å². The van der Waals surface area contributed by atoms with Gasteiger partial charge in [-0.25, -0.2) is 19.8 Å². The normalized spacial score (nSPS) is 11.2. The van der Waals surface area contributed by atoms with Crippen molar-refractivity contribution in [2.24, 2.45) is 4.99 Å². The molecule has 9 nitrogen and oxygen atoms in total. The number of aliphatic imine (C=N–C) groups is 1. The Kier molecular flexibility index (Phi) is 7.60. The molecule has 0 aliphatic rings. The number of rotatable bonds is 11. The molecule has 4 aromatic rings. The van der Waals surface area contributed by atoms with Gasteiger partial charge >= 0.3 is 0 Å². The molecule has 2 aromatic heterocycles. The second-order valence-electron chi connectivity index (χ2n) is 8.38. The maximum atomic E-state index is 10.5. The van der Waals surface area contributed by atoms with Crippen molar-refractivity contribution in [2.45, 2.75) is 39.2 Å². The van der Waals surface area contributed by atoms with Crippen molar-refractivity contribution >= 4 is 33.8 Å². The van der Waals surface area contributed by atoms with E-state index in [4.69, 9.17) is 15.5 Å². The van der Waals surface area contributed by atoms with Crippen LogP contribution in [-0.2, 0) is 28.9 Å². The summed E-state index contributed by atoms with van der Waals surface area (Å²) in [6.45, 7) is 3.61. The predicted octanol–water partition coefficient (Wildman–Crippen LogP) is 3.86. The number of benzene rings is 2. The largest absolute Gasteiger partial charge is 0.504 e. The lowest BCUT2D eigenvalue weighted by molar-refractivity contribution is 0.145. The van der Waals surface area contributed by atoms with Gasteiger partial charge in [0.2, 0.25) is 6.08 Å². The molecule has 4 rings (SSSR count). The number of imidazole rings is 1. The molecule has 35 heavy (non-hydrogen) atoms. The van der Waals surface area contributed by atoms with Crippen LogP contribution in [0.3, 0.4) is 0 Å². The van der Waals surface area contributed by atoms with Crippen molar-refractivity contribution in [3.05, 3.63) is 53.3 Å². The quantitative estimate of drug-likeness (QED) is 0.130. The Hall–Kier alpha value is -3.94. The summed E-state index contributed by atoms with van der Waals surface area (Å²) >= 11 is 0. The van der Waals surface area contributed by atoms with Gasteiger partial charge in [0, 0.05) is 17.4 Å². The number of hydrogen-bond donors (Lipinski definition) is 3. The highest BCUT2D eigenvalue weighted by molar-refractivity contribution is 6.06. The van der Waals surface area contributed by atoms with Crippen LogP contribution in [0.4, 0.5) is 5.82 Å². The molecule has 0 radical (unpaired) electrons. The number of aromatic nitrogens is 3. The fourth-order valence-electron chi connectivity index (χ4n) is 4.18. The van der Waals surface area contributed by atoms with Gasteiger partial charge in [0.05, 0.1) is 37.3 Å². The summed E-state index contributed by atoms with van der Waals surface area (Å²) in [5.74, 6) is 0.916. The molecule has 2 heterocycles. The molecule has 0 aliphatic carbocycles.